The Hall–Kier alpha value is -1.73. The maximum absolute atomic E-state index is 13.4. The third-order valence-corrected chi connectivity index (χ3v) is 2.36. The SMILES string of the molecule is Cc1cc(C(F)(F)C(F)(F)F)n2nc(C)cc2n1. The van der Waals surface area contributed by atoms with E-state index in [0.717, 1.165) is 0 Å². The molecule has 0 saturated carbocycles. The van der Waals surface area contributed by atoms with E-state index in [4.69, 9.17) is 0 Å². The van der Waals surface area contributed by atoms with E-state index in [2.05, 4.69) is 10.1 Å². The van der Waals surface area contributed by atoms with Gasteiger partial charge in [0.15, 0.2) is 5.65 Å². The van der Waals surface area contributed by atoms with Crippen molar-refractivity contribution >= 4 is 5.65 Å². The van der Waals surface area contributed by atoms with Crippen LogP contribution in [0.3, 0.4) is 0 Å². The van der Waals surface area contributed by atoms with Gasteiger partial charge in [-0.3, -0.25) is 0 Å². The van der Waals surface area contributed by atoms with Gasteiger partial charge in [0.2, 0.25) is 0 Å². The van der Waals surface area contributed by atoms with Gasteiger partial charge in [0.1, 0.15) is 5.69 Å². The van der Waals surface area contributed by atoms with Crippen LogP contribution in [0.5, 0.6) is 0 Å². The quantitative estimate of drug-likeness (QED) is 0.742. The molecule has 0 spiro atoms. The molecule has 0 unspecified atom stereocenters. The van der Waals surface area contributed by atoms with Gasteiger partial charge in [-0.1, -0.05) is 0 Å². The molecule has 0 aliphatic carbocycles. The number of aromatic nitrogens is 3. The second kappa shape index (κ2) is 3.63. The number of hydrogen-bond donors (Lipinski definition) is 0. The second-order valence-electron chi connectivity index (χ2n) is 3.91. The van der Waals surface area contributed by atoms with Crippen LogP contribution < -0.4 is 0 Å². The van der Waals surface area contributed by atoms with Gasteiger partial charge in [-0.05, 0) is 19.9 Å². The van der Waals surface area contributed by atoms with Crippen LogP contribution in [0.4, 0.5) is 22.0 Å². The lowest BCUT2D eigenvalue weighted by molar-refractivity contribution is -0.291. The Morgan fingerprint density at radius 3 is 2.17 bits per heavy atom. The summed E-state index contributed by atoms with van der Waals surface area (Å²) in [4.78, 5) is 3.85. The van der Waals surface area contributed by atoms with Gasteiger partial charge in [-0.25, -0.2) is 9.50 Å². The zero-order valence-electron chi connectivity index (χ0n) is 9.39. The van der Waals surface area contributed by atoms with Gasteiger partial charge in [0.25, 0.3) is 0 Å². The van der Waals surface area contributed by atoms with Crippen LogP contribution in [0.1, 0.15) is 17.1 Å². The Labute approximate surface area is 98.2 Å². The van der Waals surface area contributed by atoms with Crippen molar-refractivity contribution < 1.29 is 22.0 Å². The molecular formula is C10H8F5N3. The summed E-state index contributed by atoms with van der Waals surface area (Å²) in [7, 11) is 0. The molecule has 0 aliphatic rings. The largest absolute Gasteiger partial charge is 0.459 e. The molecule has 3 nitrogen and oxygen atoms in total. The smallest absolute Gasteiger partial charge is 0.234 e. The molecule has 18 heavy (non-hydrogen) atoms. The number of aryl methyl sites for hydroxylation is 2. The van der Waals surface area contributed by atoms with E-state index < -0.39 is 17.8 Å². The highest BCUT2D eigenvalue weighted by Gasteiger charge is 2.60. The normalized spacial score (nSPS) is 13.3. The summed E-state index contributed by atoms with van der Waals surface area (Å²) < 4.78 is 64.4. The fourth-order valence-corrected chi connectivity index (χ4v) is 1.58. The summed E-state index contributed by atoms with van der Waals surface area (Å²) >= 11 is 0. The van der Waals surface area contributed by atoms with Crippen molar-refractivity contribution in [3.05, 3.63) is 29.2 Å². The zero-order valence-corrected chi connectivity index (χ0v) is 9.39. The van der Waals surface area contributed by atoms with Crippen LogP contribution in [0.25, 0.3) is 5.65 Å². The molecule has 0 radical (unpaired) electrons. The lowest BCUT2D eigenvalue weighted by Crippen LogP contribution is -2.36. The van der Waals surface area contributed by atoms with Crippen molar-refractivity contribution in [1.82, 2.24) is 14.6 Å². The third-order valence-electron chi connectivity index (χ3n) is 2.36. The van der Waals surface area contributed by atoms with Crippen LogP contribution in [0.2, 0.25) is 0 Å². The Morgan fingerprint density at radius 1 is 1.00 bits per heavy atom. The van der Waals surface area contributed by atoms with Crippen molar-refractivity contribution in [2.45, 2.75) is 25.9 Å². The van der Waals surface area contributed by atoms with Crippen molar-refractivity contribution in [3.8, 4) is 0 Å². The van der Waals surface area contributed by atoms with E-state index in [-0.39, 0.29) is 11.3 Å². The molecule has 0 N–H and O–H groups in total. The number of nitrogens with zero attached hydrogens (tertiary/aromatic N) is 3. The van der Waals surface area contributed by atoms with Crippen molar-refractivity contribution in [1.29, 1.82) is 0 Å². The summed E-state index contributed by atoms with van der Waals surface area (Å²) in [5, 5.41) is 3.61. The highest BCUT2D eigenvalue weighted by atomic mass is 19.4. The molecule has 0 aromatic carbocycles. The minimum Gasteiger partial charge on any atom is -0.234 e. The lowest BCUT2D eigenvalue weighted by atomic mass is 10.2. The molecule has 98 valence electrons. The van der Waals surface area contributed by atoms with Gasteiger partial charge >= 0.3 is 12.1 Å². The molecule has 0 fully saturated rings. The average Bonchev–Trinajstić information content (AvgIpc) is 2.54. The van der Waals surface area contributed by atoms with E-state index in [1.54, 1.807) is 0 Å². The highest BCUT2D eigenvalue weighted by Crippen LogP contribution is 2.43. The Bertz CT molecular complexity index is 599. The van der Waals surface area contributed by atoms with E-state index in [1.807, 2.05) is 0 Å². The van der Waals surface area contributed by atoms with Crippen molar-refractivity contribution in [2.75, 3.05) is 0 Å². The van der Waals surface area contributed by atoms with Crippen LogP contribution in [-0.2, 0) is 5.92 Å². The molecule has 2 aromatic rings. The average molecular weight is 265 g/mol. The van der Waals surface area contributed by atoms with Gasteiger partial charge in [0, 0.05) is 11.8 Å². The van der Waals surface area contributed by atoms with E-state index in [9.17, 15) is 22.0 Å². The summed E-state index contributed by atoms with van der Waals surface area (Å²) in [6.45, 7) is 2.83. The number of hydrogen-bond acceptors (Lipinski definition) is 2. The zero-order chi connectivity index (χ0) is 13.7. The summed E-state index contributed by atoms with van der Waals surface area (Å²) in [5.74, 6) is -4.97. The molecule has 8 heteroatoms. The number of alkyl halides is 5. The first-order chi connectivity index (χ1) is 8.13. The highest BCUT2D eigenvalue weighted by molar-refractivity contribution is 5.42. The Morgan fingerprint density at radius 2 is 1.61 bits per heavy atom. The molecule has 0 aliphatic heterocycles. The van der Waals surface area contributed by atoms with Crippen LogP contribution in [-0.4, -0.2) is 20.8 Å². The van der Waals surface area contributed by atoms with Crippen LogP contribution >= 0.6 is 0 Å². The van der Waals surface area contributed by atoms with Gasteiger partial charge < -0.3 is 0 Å². The van der Waals surface area contributed by atoms with E-state index in [1.165, 1.54) is 19.9 Å². The Balaban J connectivity index is 2.78. The van der Waals surface area contributed by atoms with Gasteiger partial charge in [-0.15, -0.1) is 0 Å². The van der Waals surface area contributed by atoms with Crippen molar-refractivity contribution in [2.24, 2.45) is 0 Å². The van der Waals surface area contributed by atoms with E-state index in [0.29, 0.717) is 16.3 Å². The summed E-state index contributed by atoms with van der Waals surface area (Å²) in [5.41, 5.74) is -0.884. The fraction of sp³-hybridized carbons (Fsp3) is 0.400. The number of halogens is 5. The molecule has 0 saturated heterocycles. The maximum atomic E-state index is 13.4. The number of rotatable bonds is 1. The molecule has 2 rings (SSSR count). The van der Waals surface area contributed by atoms with E-state index >= 15 is 0 Å². The van der Waals surface area contributed by atoms with Crippen LogP contribution in [0, 0.1) is 13.8 Å². The summed E-state index contributed by atoms with van der Waals surface area (Å²) in [6, 6.07) is 2.02. The number of fused-ring (bicyclic) bond motifs is 1. The molecule has 2 heterocycles. The minimum atomic E-state index is -5.67. The molecule has 0 atom stereocenters. The molecular weight excluding hydrogens is 257 g/mol. The van der Waals surface area contributed by atoms with Crippen molar-refractivity contribution in [3.63, 3.8) is 0 Å². The molecule has 2 aromatic heterocycles. The fourth-order valence-electron chi connectivity index (χ4n) is 1.58. The summed E-state index contributed by atoms with van der Waals surface area (Å²) in [6.07, 6.45) is -5.67. The maximum Gasteiger partial charge on any atom is 0.459 e. The predicted octanol–water partition coefficient (Wildman–Crippen LogP) is 3.00. The molecule has 0 bridgehead atoms. The third kappa shape index (κ3) is 1.81. The first-order valence-corrected chi connectivity index (χ1v) is 4.92. The Kier molecular flexibility index (Phi) is 2.56. The standard InChI is InChI=1S/C10H8F5N3/c1-5-3-7(9(11,12)10(13,14)15)18-8(16-5)4-6(2)17-18/h3-4H,1-2H3. The monoisotopic (exact) mass is 265 g/mol. The predicted molar refractivity (Wildman–Crippen MR) is 52.4 cm³/mol. The second-order valence-corrected chi connectivity index (χ2v) is 3.91. The minimum absolute atomic E-state index is 0.0357. The topological polar surface area (TPSA) is 30.2 Å². The van der Waals surface area contributed by atoms with Crippen LogP contribution in [0.15, 0.2) is 12.1 Å². The van der Waals surface area contributed by atoms with Gasteiger partial charge in [0.05, 0.1) is 5.69 Å². The van der Waals surface area contributed by atoms with Gasteiger partial charge in [-0.2, -0.15) is 27.1 Å². The first-order valence-electron chi connectivity index (χ1n) is 4.92. The lowest BCUT2D eigenvalue weighted by Gasteiger charge is -2.20. The molecule has 0 amide bonds. The first kappa shape index (κ1) is 12.7.